The van der Waals surface area contributed by atoms with Crippen LogP contribution in [0.1, 0.15) is 39.5 Å². The summed E-state index contributed by atoms with van der Waals surface area (Å²) >= 11 is 1.48. The quantitative estimate of drug-likeness (QED) is 0.419. The van der Waals surface area contributed by atoms with Gasteiger partial charge in [-0.15, -0.1) is 0 Å². The molecule has 1 aliphatic carbocycles. The van der Waals surface area contributed by atoms with Crippen LogP contribution in [0.25, 0.3) is 0 Å². The van der Waals surface area contributed by atoms with Gasteiger partial charge in [0.15, 0.2) is 0 Å². The van der Waals surface area contributed by atoms with Crippen molar-refractivity contribution in [2.45, 2.75) is 69.1 Å². The van der Waals surface area contributed by atoms with Gasteiger partial charge >= 0.3 is 6.03 Å². The topological polar surface area (TPSA) is 112 Å². The summed E-state index contributed by atoms with van der Waals surface area (Å²) in [6, 6.07) is 7.05. The predicted molar refractivity (Wildman–Crippen MR) is 139 cm³/mol. The van der Waals surface area contributed by atoms with Crippen molar-refractivity contribution in [2.75, 3.05) is 11.4 Å². The molecule has 3 fully saturated rings. The minimum Gasteiger partial charge on any atom is -0.491 e. The normalized spacial score (nSPS) is 29.0. The molecule has 0 radical (unpaired) electrons. The van der Waals surface area contributed by atoms with Crippen molar-refractivity contribution >= 4 is 35.3 Å². The third-order valence-corrected chi connectivity index (χ3v) is 8.53. The zero-order valence-corrected chi connectivity index (χ0v) is 21.4. The molecule has 9 nitrogen and oxygen atoms in total. The number of anilines is 1. The van der Waals surface area contributed by atoms with Crippen LogP contribution in [0.5, 0.6) is 5.75 Å². The Bertz CT molecular complexity index is 1090. The summed E-state index contributed by atoms with van der Waals surface area (Å²) in [6.07, 6.45) is 4.64. The van der Waals surface area contributed by atoms with Gasteiger partial charge in [-0.2, -0.15) is 0 Å². The van der Waals surface area contributed by atoms with Crippen LogP contribution in [-0.2, 0) is 9.59 Å². The molecule has 3 heterocycles. The fourth-order valence-corrected chi connectivity index (χ4v) is 7.06. The average molecular weight is 512 g/mol. The second-order valence-electron chi connectivity index (χ2n) is 9.91. The Hall–Kier alpha value is -2.98. The molecule has 0 bridgehead atoms. The van der Waals surface area contributed by atoms with Crippen molar-refractivity contribution < 1.29 is 19.1 Å². The summed E-state index contributed by atoms with van der Waals surface area (Å²) in [6.45, 7) is 8.23. The molecule has 3 aliphatic heterocycles. The fourth-order valence-electron chi connectivity index (χ4n) is 5.66. The zero-order chi connectivity index (χ0) is 25.4. The van der Waals surface area contributed by atoms with E-state index in [4.69, 9.17) is 4.74 Å². The number of thioether (sulfide) groups is 1. The second kappa shape index (κ2) is 10.2. The SMILES string of the molecule is C=CC(=O)N[C@H]1CCC[C@H]1NC(=O)C1=C2NC(=O)N(c3ccc(OC(C)C)cc3)C3CCNC(S1)C23. The van der Waals surface area contributed by atoms with E-state index in [2.05, 4.69) is 27.8 Å². The lowest BCUT2D eigenvalue weighted by Crippen LogP contribution is -2.62. The van der Waals surface area contributed by atoms with Crippen LogP contribution in [-0.4, -0.2) is 54.0 Å². The van der Waals surface area contributed by atoms with Gasteiger partial charge in [0.25, 0.3) is 5.91 Å². The Kier molecular flexibility index (Phi) is 6.98. The highest BCUT2D eigenvalue weighted by atomic mass is 32.2. The lowest BCUT2D eigenvalue weighted by atomic mass is 9.86. The van der Waals surface area contributed by atoms with E-state index >= 15 is 0 Å². The number of hydrogen-bond donors (Lipinski definition) is 4. The number of nitrogens with one attached hydrogen (secondary N) is 4. The Morgan fingerprint density at radius 1 is 1.17 bits per heavy atom. The molecule has 5 atom stereocenters. The van der Waals surface area contributed by atoms with Gasteiger partial charge < -0.3 is 26.0 Å². The van der Waals surface area contributed by atoms with Crippen molar-refractivity contribution in [2.24, 2.45) is 5.92 Å². The highest BCUT2D eigenvalue weighted by Gasteiger charge is 2.52. The summed E-state index contributed by atoms with van der Waals surface area (Å²) in [5, 5.41) is 12.6. The monoisotopic (exact) mass is 511 g/mol. The molecule has 36 heavy (non-hydrogen) atoms. The van der Waals surface area contributed by atoms with Crippen molar-refractivity contribution in [3.8, 4) is 5.75 Å². The summed E-state index contributed by atoms with van der Waals surface area (Å²) in [5.74, 6) is 0.312. The molecule has 3 unspecified atom stereocenters. The smallest absolute Gasteiger partial charge is 0.326 e. The number of benzene rings is 1. The Morgan fingerprint density at radius 2 is 1.89 bits per heavy atom. The standard InChI is InChI=1S/C26H33N5O4S/c1-4-20(32)28-17-6-5-7-18(17)29-24(33)23-22-21-19(12-13-27-25(21)36-23)31(26(34)30-22)15-8-10-16(11-9-15)35-14(2)3/h4,8-11,14,17-19,21,25,27H,1,5-7,12-13H2,2-3H3,(H,28,32)(H,29,33)(H,30,34)/t17-,18+,19?,21?,25?/m0/s1. The van der Waals surface area contributed by atoms with E-state index in [0.717, 1.165) is 43.7 Å². The van der Waals surface area contributed by atoms with Gasteiger partial charge in [0, 0.05) is 29.4 Å². The minimum absolute atomic E-state index is 0.00555. The van der Waals surface area contributed by atoms with Crippen LogP contribution >= 0.6 is 11.8 Å². The van der Waals surface area contributed by atoms with Crippen molar-refractivity contribution in [3.05, 3.63) is 47.5 Å². The van der Waals surface area contributed by atoms with Gasteiger partial charge in [-0.25, -0.2) is 4.79 Å². The number of rotatable bonds is 7. The molecule has 192 valence electrons. The van der Waals surface area contributed by atoms with E-state index in [1.54, 1.807) is 0 Å². The van der Waals surface area contributed by atoms with Gasteiger partial charge in [0.05, 0.1) is 22.4 Å². The zero-order valence-electron chi connectivity index (χ0n) is 20.6. The van der Waals surface area contributed by atoms with Gasteiger partial charge in [0.1, 0.15) is 5.75 Å². The predicted octanol–water partition coefficient (Wildman–Crippen LogP) is 2.61. The third-order valence-electron chi connectivity index (χ3n) is 7.18. The van der Waals surface area contributed by atoms with Crippen LogP contribution in [0.3, 0.4) is 0 Å². The molecule has 4 amide bonds. The van der Waals surface area contributed by atoms with Crippen LogP contribution in [0.2, 0.25) is 0 Å². The number of piperidine rings is 1. The van der Waals surface area contributed by atoms with Crippen LogP contribution in [0.4, 0.5) is 10.5 Å². The van der Waals surface area contributed by atoms with E-state index in [0.29, 0.717) is 10.6 Å². The lowest BCUT2D eigenvalue weighted by molar-refractivity contribution is -0.119. The van der Waals surface area contributed by atoms with Crippen molar-refractivity contribution in [3.63, 3.8) is 0 Å². The van der Waals surface area contributed by atoms with E-state index in [1.165, 1.54) is 17.8 Å². The summed E-state index contributed by atoms with van der Waals surface area (Å²) in [5.41, 5.74) is 1.51. The first-order valence-electron chi connectivity index (χ1n) is 12.6. The number of carbonyl (C=O) groups is 3. The van der Waals surface area contributed by atoms with Gasteiger partial charge in [-0.05, 0) is 76.4 Å². The number of carbonyl (C=O) groups excluding carboxylic acids is 3. The van der Waals surface area contributed by atoms with Gasteiger partial charge in [-0.1, -0.05) is 18.3 Å². The molecule has 10 heteroatoms. The number of ether oxygens (including phenoxy) is 1. The molecule has 2 saturated heterocycles. The highest BCUT2D eigenvalue weighted by Crippen LogP contribution is 2.48. The average Bonchev–Trinajstić information content (AvgIpc) is 3.44. The summed E-state index contributed by atoms with van der Waals surface area (Å²) in [7, 11) is 0. The van der Waals surface area contributed by atoms with Crippen LogP contribution in [0, 0.1) is 5.92 Å². The molecule has 0 aromatic heterocycles. The number of hydrogen-bond acceptors (Lipinski definition) is 6. The lowest BCUT2D eigenvalue weighted by Gasteiger charge is -2.45. The van der Waals surface area contributed by atoms with Gasteiger partial charge in [0.2, 0.25) is 5.91 Å². The molecule has 4 aliphatic rings. The third kappa shape index (κ3) is 4.71. The van der Waals surface area contributed by atoms with Crippen molar-refractivity contribution in [1.82, 2.24) is 21.3 Å². The fraction of sp³-hybridized carbons (Fsp3) is 0.500. The van der Waals surface area contributed by atoms with E-state index < -0.39 is 0 Å². The number of nitrogens with zero attached hydrogens (tertiary/aromatic N) is 1. The molecule has 0 spiro atoms. The maximum Gasteiger partial charge on any atom is 0.326 e. The Labute approximate surface area is 215 Å². The number of amides is 4. The molecule has 1 saturated carbocycles. The number of urea groups is 1. The van der Waals surface area contributed by atoms with Crippen LogP contribution < -0.4 is 30.9 Å². The second-order valence-corrected chi connectivity index (χ2v) is 11.1. The molecular formula is C26H33N5O4S. The van der Waals surface area contributed by atoms with E-state index in [9.17, 15) is 14.4 Å². The molecule has 1 aromatic carbocycles. The highest BCUT2D eigenvalue weighted by molar-refractivity contribution is 8.04. The largest absolute Gasteiger partial charge is 0.491 e. The molecule has 4 N–H and O–H groups in total. The minimum atomic E-state index is -0.236. The van der Waals surface area contributed by atoms with E-state index in [-0.39, 0.29) is 53.4 Å². The van der Waals surface area contributed by atoms with Crippen molar-refractivity contribution in [1.29, 1.82) is 0 Å². The summed E-state index contributed by atoms with van der Waals surface area (Å²) < 4.78 is 5.75. The molecular weight excluding hydrogens is 478 g/mol. The van der Waals surface area contributed by atoms with Gasteiger partial charge in [-0.3, -0.25) is 14.5 Å². The maximum atomic E-state index is 13.4. The first kappa shape index (κ1) is 24.7. The van der Waals surface area contributed by atoms with E-state index in [1.807, 2.05) is 43.0 Å². The first-order chi connectivity index (χ1) is 17.4. The first-order valence-corrected chi connectivity index (χ1v) is 13.5. The molecule has 5 rings (SSSR count). The molecule has 1 aromatic rings. The van der Waals surface area contributed by atoms with Crippen LogP contribution in [0.15, 0.2) is 47.5 Å². The Balaban J connectivity index is 1.35. The summed E-state index contributed by atoms with van der Waals surface area (Å²) in [4.78, 5) is 40.9. The maximum absolute atomic E-state index is 13.4. The Morgan fingerprint density at radius 3 is 2.58 bits per heavy atom.